The minimum atomic E-state index is -1.71. The quantitative estimate of drug-likeness (QED) is 0.207. The van der Waals surface area contributed by atoms with Crippen molar-refractivity contribution in [2.75, 3.05) is 26.4 Å². The Labute approximate surface area is 149 Å². The van der Waals surface area contributed by atoms with E-state index in [0.29, 0.717) is 0 Å². The summed E-state index contributed by atoms with van der Waals surface area (Å²) in [5, 5.41) is 68.6. The molecule has 154 valence electrons. The molecule has 0 aromatic heterocycles. The smallest absolute Gasteiger partial charge is 0.187 e. The minimum absolute atomic E-state index is 0.0465. The number of nitrogens with two attached hydrogens (primary N) is 1. The Morgan fingerprint density at radius 1 is 0.731 bits per heavy atom. The van der Waals surface area contributed by atoms with Crippen molar-refractivity contribution in [3.05, 3.63) is 0 Å². The highest BCUT2D eigenvalue weighted by atomic mass is 16.7. The van der Waals surface area contributed by atoms with Crippen LogP contribution in [0.2, 0.25) is 0 Å². The Balaban J connectivity index is 2.09. The number of ether oxygens (including phenoxy) is 4. The van der Waals surface area contributed by atoms with Crippen molar-refractivity contribution >= 4 is 0 Å². The Bertz CT molecular complexity index is 426. The summed E-state index contributed by atoms with van der Waals surface area (Å²) in [4.78, 5) is 0. The lowest BCUT2D eigenvalue weighted by atomic mass is 9.97. The summed E-state index contributed by atoms with van der Waals surface area (Å²) in [5.41, 5.74) is 5.30. The molecule has 0 aromatic rings. The molecule has 0 radical (unpaired) electrons. The van der Waals surface area contributed by atoms with Crippen LogP contribution in [0.4, 0.5) is 0 Å². The third-order valence-electron chi connectivity index (χ3n) is 4.36. The molecular weight excluding hydrogens is 358 g/mol. The van der Waals surface area contributed by atoms with Crippen LogP contribution < -0.4 is 5.73 Å². The van der Waals surface area contributed by atoms with Gasteiger partial charge in [0, 0.05) is 6.54 Å². The molecule has 2 fully saturated rings. The average Bonchev–Trinajstić information content (AvgIpc) is 2.64. The van der Waals surface area contributed by atoms with E-state index in [9.17, 15) is 35.7 Å². The van der Waals surface area contributed by atoms with E-state index in [-0.39, 0.29) is 13.2 Å². The third-order valence-corrected chi connectivity index (χ3v) is 4.36. The molecule has 0 aromatic carbocycles. The zero-order valence-corrected chi connectivity index (χ0v) is 13.9. The largest absolute Gasteiger partial charge is 0.394 e. The van der Waals surface area contributed by atoms with Crippen LogP contribution >= 0.6 is 0 Å². The third kappa shape index (κ3) is 4.49. The normalized spacial score (nSPS) is 47.1. The van der Waals surface area contributed by atoms with Crippen LogP contribution in [0.15, 0.2) is 0 Å². The summed E-state index contributed by atoms with van der Waals surface area (Å²) < 4.78 is 21.1. The van der Waals surface area contributed by atoms with Gasteiger partial charge in [-0.3, -0.25) is 0 Å². The molecule has 0 bridgehead atoms. The first kappa shape index (κ1) is 21.8. The van der Waals surface area contributed by atoms with Crippen LogP contribution in [-0.4, -0.2) is 124 Å². The number of aliphatic hydroxyl groups is 7. The molecule has 2 heterocycles. The van der Waals surface area contributed by atoms with Crippen molar-refractivity contribution in [2.45, 2.75) is 61.4 Å². The summed E-state index contributed by atoms with van der Waals surface area (Å²) in [5.74, 6) is 0. The van der Waals surface area contributed by atoms with Gasteiger partial charge < -0.3 is 60.4 Å². The lowest BCUT2D eigenvalue weighted by Crippen LogP contribution is -2.64. The molecule has 12 heteroatoms. The predicted octanol–water partition coefficient (Wildman–Crippen LogP) is -5.41. The van der Waals surface area contributed by atoms with Crippen molar-refractivity contribution in [1.82, 2.24) is 0 Å². The molecule has 0 spiro atoms. The van der Waals surface area contributed by atoms with Gasteiger partial charge in [-0.2, -0.15) is 0 Å². The van der Waals surface area contributed by atoms with E-state index in [2.05, 4.69) is 0 Å². The van der Waals surface area contributed by atoms with Crippen molar-refractivity contribution in [3.63, 3.8) is 0 Å². The first-order chi connectivity index (χ1) is 12.3. The fraction of sp³-hybridized carbons (Fsp3) is 1.00. The molecule has 2 aliphatic heterocycles. The SMILES string of the molecule is NCCO[C@@H]1O[C@H](CO)[C@@H](O[C@H]2O[C@H](CO)[C@@H](O)[C@H](O)[C@H]2O)[C@H](O)[C@H]1O. The van der Waals surface area contributed by atoms with Gasteiger partial charge in [-0.05, 0) is 0 Å². The van der Waals surface area contributed by atoms with Gasteiger partial charge in [-0.1, -0.05) is 0 Å². The highest BCUT2D eigenvalue weighted by Gasteiger charge is 2.50. The summed E-state index contributed by atoms with van der Waals surface area (Å²) in [6, 6.07) is 0. The summed E-state index contributed by atoms with van der Waals surface area (Å²) in [6.07, 6.45) is -14.6. The first-order valence-electron chi connectivity index (χ1n) is 8.25. The zero-order valence-electron chi connectivity index (χ0n) is 13.9. The number of hydrogen-bond donors (Lipinski definition) is 8. The molecule has 12 nitrogen and oxygen atoms in total. The molecule has 0 saturated carbocycles. The van der Waals surface area contributed by atoms with Gasteiger partial charge in [0.25, 0.3) is 0 Å². The molecule has 26 heavy (non-hydrogen) atoms. The topological polar surface area (TPSA) is 205 Å². The van der Waals surface area contributed by atoms with Crippen LogP contribution in [0.25, 0.3) is 0 Å². The van der Waals surface area contributed by atoms with Crippen LogP contribution in [0, 0.1) is 0 Å². The molecule has 0 amide bonds. The first-order valence-corrected chi connectivity index (χ1v) is 8.25. The van der Waals surface area contributed by atoms with Gasteiger partial charge in [-0.15, -0.1) is 0 Å². The Morgan fingerprint density at radius 3 is 1.88 bits per heavy atom. The van der Waals surface area contributed by atoms with E-state index in [4.69, 9.17) is 24.7 Å². The summed E-state index contributed by atoms with van der Waals surface area (Å²) >= 11 is 0. The lowest BCUT2D eigenvalue weighted by molar-refractivity contribution is -0.359. The van der Waals surface area contributed by atoms with E-state index in [1.165, 1.54) is 0 Å². The average molecular weight is 385 g/mol. The van der Waals surface area contributed by atoms with Gasteiger partial charge in [-0.25, -0.2) is 0 Å². The van der Waals surface area contributed by atoms with Crippen molar-refractivity contribution in [2.24, 2.45) is 5.73 Å². The van der Waals surface area contributed by atoms with Gasteiger partial charge >= 0.3 is 0 Å². The number of hydrogen-bond acceptors (Lipinski definition) is 12. The van der Waals surface area contributed by atoms with E-state index in [1.54, 1.807) is 0 Å². The van der Waals surface area contributed by atoms with Gasteiger partial charge in [0.1, 0.15) is 48.8 Å². The van der Waals surface area contributed by atoms with Crippen LogP contribution in [-0.2, 0) is 18.9 Å². The van der Waals surface area contributed by atoms with Crippen LogP contribution in [0.1, 0.15) is 0 Å². The molecule has 0 aliphatic carbocycles. The van der Waals surface area contributed by atoms with Gasteiger partial charge in [0.05, 0.1) is 19.8 Å². The second kappa shape index (κ2) is 9.64. The van der Waals surface area contributed by atoms with Gasteiger partial charge in [0.15, 0.2) is 12.6 Å². The Kier molecular flexibility index (Phi) is 8.08. The summed E-state index contributed by atoms with van der Waals surface area (Å²) in [7, 11) is 0. The Hall–Kier alpha value is -0.480. The van der Waals surface area contributed by atoms with Crippen LogP contribution in [0.5, 0.6) is 0 Å². The Morgan fingerprint density at radius 2 is 1.31 bits per heavy atom. The fourth-order valence-corrected chi connectivity index (χ4v) is 2.88. The molecule has 9 N–H and O–H groups in total. The maximum Gasteiger partial charge on any atom is 0.187 e. The second-order valence-electron chi connectivity index (χ2n) is 6.16. The zero-order chi connectivity index (χ0) is 19.4. The highest BCUT2D eigenvalue weighted by Crippen LogP contribution is 2.29. The number of aliphatic hydroxyl groups excluding tert-OH is 7. The minimum Gasteiger partial charge on any atom is -0.394 e. The lowest BCUT2D eigenvalue weighted by Gasteiger charge is -2.45. The number of rotatable bonds is 7. The maximum atomic E-state index is 10.3. The highest BCUT2D eigenvalue weighted by molar-refractivity contribution is 4.94. The monoisotopic (exact) mass is 385 g/mol. The summed E-state index contributed by atoms with van der Waals surface area (Å²) in [6.45, 7) is -1.08. The van der Waals surface area contributed by atoms with E-state index < -0.39 is 74.6 Å². The molecular formula is C14H27NO11. The predicted molar refractivity (Wildman–Crippen MR) is 81.4 cm³/mol. The molecule has 2 saturated heterocycles. The van der Waals surface area contributed by atoms with E-state index in [1.807, 2.05) is 0 Å². The van der Waals surface area contributed by atoms with Crippen LogP contribution in [0.3, 0.4) is 0 Å². The van der Waals surface area contributed by atoms with Crippen molar-refractivity contribution in [1.29, 1.82) is 0 Å². The standard InChI is InChI=1S/C14H27NO11/c15-1-2-23-13-11(22)9(20)12(6(4-17)25-13)26-14-10(21)8(19)7(18)5(3-16)24-14/h5-14,16-22H,1-4,15H2/t5-,6-,7-,8+,9-,10-,11-,12-,13-,14-/m1/s1. The molecule has 0 unspecified atom stereocenters. The molecule has 2 rings (SSSR count). The van der Waals surface area contributed by atoms with Crippen molar-refractivity contribution in [3.8, 4) is 0 Å². The van der Waals surface area contributed by atoms with Gasteiger partial charge in [0.2, 0.25) is 0 Å². The second-order valence-corrected chi connectivity index (χ2v) is 6.16. The molecule has 10 atom stereocenters. The maximum absolute atomic E-state index is 10.3. The van der Waals surface area contributed by atoms with E-state index in [0.717, 1.165) is 0 Å². The fourth-order valence-electron chi connectivity index (χ4n) is 2.88. The van der Waals surface area contributed by atoms with E-state index >= 15 is 0 Å². The molecule has 2 aliphatic rings. The van der Waals surface area contributed by atoms with Crippen molar-refractivity contribution < 1.29 is 54.7 Å².